The zero-order valence-electron chi connectivity index (χ0n) is 14.6. The molecule has 4 heterocycles. The van der Waals surface area contributed by atoms with Gasteiger partial charge in [-0.25, -0.2) is 9.97 Å². The van der Waals surface area contributed by atoms with E-state index < -0.39 is 0 Å². The molecule has 0 aliphatic carbocycles. The van der Waals surface area contributed by atoms with Gasteiger partial charge in [-0.15, -0.1) is 0 Å². The highest BCUT2D eigenvalue weighted by molar-refractivity contribution is 5.55. The summed E-state index contributed by atoms with van der Waals surface area (Å²) in [7, 11) is 0. The summed E-state index contributed by atoms with van der Waals surface area (Å²) < 4.78 is 5.40. The Bertz CT molecular complexity index is 792. The molecule has 2 aliphatic heterocycles. The molecule has 0 radical (unpaired) electrons. The average Bonchev–Trinajstić information content (AvgIpc) is 2.74. The fourth-order valence-corrected chi connectivity index (χ4v) is 3.31. The van der Waals surface area contributed by atoms with E-state index in [1.807, 2.05) is 18.3 Å². The standard InChI is InChI=1S/C18H21N7O/c19-14-15-2-1-4-20-17(15)24-8-6-23(7-9-24)16-3-5-21-18(22-16)25-10-12-26-13-11-25/h1-5H,6-13H2. The zero-order chi connectivity index (χ0) is 17.8. The topological polar surface area (TPSA) is 81.4 Å². The summed E-state index contributed by atoms with van der Waals surface area (Å²) in [4.78, 5) is 20.1. The lowest BCUT2D eigenvalue weighted by Crippen LogP contribution is -2.47. The van der Waals surface area contributed by atoms with Gasteiger partial charge >= 0.3 is 0 Å². The summed E-state index contributed by atoms with van der Waals surface area (Å²) in [6, 6.07) is 7.80. The molecule has 0 unspecified atom stereocenters. The van der Waals surface area contributed by atoms with Gasteiger partial charge in [0.1, 0.15) is 17.7 Å². The predicted octanol–water partition coefficient (Wildman–Crippen LogP) is 0.906. The van der Waals surface area contributed by atoms with E-state index in [9.17, 15) is 5.26 Å². The summed E-state index contributed by atoms with van der Waals surface area (Å²) in [6.07, 6.45) is 3.56. The molecule has 0 bridgehead atoms. The third-order valence-corrected chi connectivity index (χ3v) is 4.73. The zero-order valence-corrected chi connectivity index (χ0v) is 14.6. The van der Waals surface area contributed by atoms with Crippen LogP contribution in [-0.2, 0) is 4.74 Å². The lowest BCUT2D eigenvalue weighted by Gasteiger charge is -2.36. The van der Waals surface area contributed by atoms with Crippen LogP contribution < -0.4 is 14.7 Å². The Labute approximate surface area is 152 Å². The number of nitrogens with zero attached hydrogens (tertiary/aromatic N) is 7. The molecule has 2 aromatic rings. The van der Waals surface area contributed by atoms with E-state index in [1.165, 1.54) is 0 Å². The van der Waals surface area contributed by atoms with Gasteiger partial charge in [0.15, 0.2) is 0 Å². The van der Waals surface area contributed by atoms with Gasteiger partial charge in [0.05, 0.1) is 18.8 Å². The third-order valence-electron chi connectivity index (χ3n) is 4.73. The van der Waals surface area contributed by atoms with E-state index in [1.54, 1.807) is 12.3 Å². The van der Waals surface area contributed by atoms with Crippen LogP contribution in [0.2, 0.25) is 0 Å². The molecule has 0 saturated carbocycles. The second-order valence-corrected chi connectivity index (χ2v) is 6.27. The number of anilines is 3. The minimum atomic E-state index is 0.623. The molecule has 4 rings (SSSR count). The summed E-state index contributed by atoms with van der Waals surface area (Å²) in [5.41, 5.74) is 0.623. The summed E-state index contributed by atoms with van der Waals surface area (Å²) >= 11 is 0. The second kappa shape index (κ2) is 7.54. The van der Waals surface area contributed by atoms with Crippen molar-refractivity contribution in [1.29, 1.82) is 5.26 Å². The monoisotopic (exact) mass is 351 g/mol. The smallest absolute Gasteiger partial charge is 0.227 e. The quantitative estimate of drug-likeness (QED) is 0.807. The molecule has 134 valence electrons. The molecule has 0 amide bonds. The minimum absolute atomic E-state index is 0.623. The average molecular weight is 351 g/mol. The van der Waals surface area contributed by atoms with Crippen molar-refractivity contribution in [3.8, 4) is 6.07 Å². The van der Waals surface area contributed by atoms with Gasteiger partial charge in [-0.3, -0.25) is 0 Å². The van der Waals surface area contributed by atoms with Crippen molar-refractivity contribution in [3.05, 3.63) is 36.2 Å². The molecule has 0 N–H and O–H groups in total. The van der Waals surface area contributed by atoms with Gasteiger partial charge < -0.3 is 19.4 Å². The van der Waals surface area contributed by atoms with Crippen molar-refractivity contribution in [2.24, 2.45) is 0 Å². The predicted molar refractivity (Wildman–Crippen MR) is 98.4 cm³/mol. The maximum Gasteiger partial charge on any atom is 0.227 e. The highest BCUT2D eigenvalue weighted by atomic mass is 16.5. The molecule has 2 aliphatic rings. The number of nitriles is 1. The SMILES string of the molecule is N#Cc1cccnc1N1CCN(c2ccnc(N3CCOCC3)n2)CC1. The summed E-state index contributed by atoms with van der Waals surface area (Å²) in [6.45, 7) is 6.38. The number of ether oxygens (including phenoxy) is 1. The van der Waals surface area contributed by atoms with Crippen LogP contribution in [0.1, 0.15) is 5.56 Å². The van der Waals surface area contributed by atoms with Gasteiger partial charge in [0.25, 0.3) is 0 Å². The van der Waals surface area contributed by atoms with Crippen molar-refractivity contribution >= 4 is 17.6 Å². The molecular formula is C18H21N7O. The molecular weight excluding hydrogens is 330 g/mol. The fraction of sp³-hybridized carbons (Fsp3) is 0.444. The van der Waals surface area contributed by atoms with Crippen LogP contribution in [0.25, 0.3) is 0 Å². The highest BCUT2D eigenvalue weighted by Crippen LogP contribution is 2.21. The molecule has 0 aromatic carbocycles. The Hall–Kier alpha value is -2.92. The first-order valence-corrected chi connectivity index (χ1v) is 8.86. The van der Waals surface area contributed by atoms with Gasteiger partial charge in [0, 0.05) is 51.7 Å². The fourth-order valence-electron chi connectivity index (χ4n) is 3.31. The van der Waals surface area contributed by atoms with Gasteiger partial charge in [-0.1, -0.05) is 0 Å². The van der Waals surface area contributed by atoms with E-state index in [-0.39, 0.29) is 0 Å². The molecule has 2 aromatic heterocycles. The Kier molecular flexibility index (Phi) is 4.80. The van der Waals surface area contributed by atoms with Crippen molar-refractivity contribution in [3.63, 3.8) is 0 Å². The number of hydrogen-bond acceptors (Lipinski definition) is 8. The Morgan fingerprint density at radius 1 is 0.885 bits per heavy atom. The number of morpholine rings is 1. The third kappa shape index (κ3) is 3.39. The minimum Gasteiger partial charge on any atom is -0.378 e. The first-order chi connectivity index (χ1) is 12.8. The molecule has 26 heavy (non-hydrogen) atoms. The van der Waals surface area contributed by atoms with Crippen LogP contribution in [-0.4, -0.2) is 67.4 Å². The number of piperazine rings is 1. The second-order valence-electron chi connectivity index (χ2n) is 6.27. The number of aromatic nitrogens is 3. The van der Waals surface area contributed by atoms with Gasteiger partial charge in [-0.05, 0) is 18.2 Å². The Morgan fingerprint density at radius 2 is 1.65 bits per heavy atom. The van der Waals surface area contributed by atoms with Gasteiger partial charge in [0.2, 0.25) is 5.95 Å². The first-order valence-electron chi connectivity index (χ1n) is 8.86. The van der Waals surface area contributed by atoms with E-state index in [0.29, 0.717) is 5.56 Å². The molecule has 2 fully saturated rings. The normalized spacial score (nSPS) is 17.9. The number of rotatable bonds is 3. The number of hydrogen-bond donors (Lipinski definition) is 0. The maximum absolute atomic E-state index is 9.28. The molecule has 8 heteroatoms. The van der Waals surface area contributed by atoms with Crippen molar-refractivity contribution in [2.45, 2.75) is 0 Å². The van der Waals surface area contributed by atoms with Crippen molar-refractivity contribution in [1.82, 2.24) is 15.0 Å². The van der Waals surface area contributed by atoms with Crippen LogP contribution in [0.4, 0.5) is 17.6 Å². The summed E-state index contributed by atoms with van der Waals surface area (Å²) in [5, 5.41) is 9.28. The largest absolute Gasteiger partial charge is 0.378 e. The summed E-state index contributed by atoms with van der Waals surface area (Å²) in [5.74, 6) is 2.48. The molecule has 0 spiro atoms. The van der Waals surface area contributed by atoms with E-state index in [0.717, 1.165) is 70.1 Å². The van der Waals surface area contributed by atoms with Crippen molar-refractivity contribution in [2.75, 3.05) is 67.2 Å². The highest BCUT2D eigenvalue weighted by Gasteiger charge is 2.22. The molecule has 8 nitrogen and oxygen atoms in total. The van der Waals surface area contributed by atoms with Crippen molar-refractivity contribution < 1.29 is 4.74 Å². The molecule has 2 saturated heterocycles. The Morgan fingerprint density at radius 3 is 2.42 bits per heavy atom. The van der Waals surface area contributed by atoms with E-state index >= 15 is 0 Å². The lowest BCUT2D eigenvalue weighted by molar-refractivity contribution is 0.122. The van der Waals surface area contributed by atoms with Crippen LogP contribution in [0.3, 0.4) is 0 Å². The maximum atomic E-state index is 9.28. The van der Waals surface area contributed by atoms with Crippen LogP contribution >= 0.6 is 0 Å². The molecule has 0 atom stereocenters. The Balaban J connectivity index is 1.44. The lowest BCUT2D eigenvalue weighted by atomic mass is 10.2. The first kappa shape index (κ1) is 16.5. The van der Waals surface area contributed by atoms with E-state index in [4.69, 9.17) is 9.72 Å². The van der Waals surface area contributed by atoms with Crippen LogP contribution in [0.15, 0.2) is 30.6 Å². The van der Waals surface area contributed by atoms with E-state index in [2.05, 4.69) is 30.7 Å². The van der Waals surface area contributed by atoms with Gasteiger partial charge in [-0.2, -0.15) is 10.2 Å². The van der Waals surface area contributed by atoms with Crippen LogP contribution in [0, 0.1) is 11.3 Å². The number of pyridine rings is 1. The van der Waals surface area contributed by atoms with Crippen LogP contribution in [0.5, 0.6) is 0 Å².